The summed E-state index contributed by atoms with van der Waals surface area (Å²) in [5.41, 5.74) is 3.59. The van der Waals surface area contributed by atoms with Crippen LogP contribution in [0.15, 0.2) is 60.7 Å². The molecule has 4 heterocycles. The zero-order chi connectivity index (χ0) is 37.5. The molecule has 0 bridgehead atoms. The molecule has 14 heteroatoms. The average molecular weight is 750 g/mol. The Hall–Kier alpha value is -5.45. The van der Waals surface area contributed by atoms with Crippen LogP contribution in [0.5, 0.6) is 5.75 Å². The number of fused-ring (bicyclic) bond motifs is 1. The maximum absolute atomic E-state index is 13.3. The predicted octanol–water partition coefficient (Wildman–Crippen LogP) is 3.74. The number of carbonyl (C=O) groups is 5. The Morgan fingerprint density at radius 2 is 1.52 bits per heavy atom. The van der Waals surface area contributed by atoms with Gasteiger partial charge >= 0.3 is 0 Å². The van der Waals surface area contributed by atoms with Crippen LogP contribution in [0.4, 0.5) is 11.4 Å². The molecule has 0 aromatic heterocycles. The summed E-state index contributed by atoms with van der Waals surface area (Å²) in [6, 6.07) is 19.7. The van der Waals surface area contributed by atoms with Gasteiger partial charge in [0.05, 0.1) is 27.8 Å². The van der Waals surface area contributed by atoms with E-state index in [2.05, 4.69) is 31.4 Å². The zero-order valence-electron chi connectivity index (χ0n) is 29.6. The van der Waals surface area contributed by atoms with Gasteiger partial charge in [-0.15, -0.1) is 0 Å². The van der Waals surface area contributed by atoms with Crippen LogP contribution in [0.25, 0.3) is 0 Å². The van der Waals surface area contributed by atoms with Gasteiger partial charge in [-0.1, -0.05) is 11.6 Å². The maximum Gasteiger partial charge on any atom is 0.262 e. The van der Waals surface area contributed by atoms with Crippen LogP contribution in [0.1, 0.15) is 75.2 Å². The van der Waals surface area contributed by atoms with Crippen molar-refractivity contribution in [1.29, 1.82) is 5.26 Å². The van der Waals surface area contributed by atoms with Gasteiger partial charge in [0.1, 0.15) is 17.9 Å². The molecule has 8 rings (SSSR count). The zero-order valence-corrected chi connectivity index (χ0v) is 30.4. The number of hydrogen-bond donors (Lipinski definition) is 2. The van der Waals surface area contributed by atoms with E-state index in [9.17, 15) is 24.0 Å². The Morgan fingerprint density at radius 3 is 2.20 bits per heavy atom. The summed E-state index contributed by atoms with van der Waals surface area (Å²) in [6.45, 7) is 5.17. The quantitative estimate of drug-likeness (QED) is 0.326. The molecule has 3 aromatic carbocycles. The lowest BCUT2D eigenvalue weighted by Gasteiger charge is -2.49. The number of piperazine rings is 1. The Kier molecular flexibility index (Phi) is 9.72. The first-order chi connectivity index (χ1) is 26.1. The van der Waals surface area contributed by atoms with E-state index in [0.29, 0.717) is 33.5 Å². The van der Waals surface area contributed by atoms with Crippen molar-refractivity contribution in [2.24, 2.45) is 0 Å². The molecule has 3 aromatic rings. The Labute approximate surface area is 317 Å². The second-order valence-corrected chi connectivity index (χ2v) is 15.0. The molecule has 54 heavy (non-hydrogen) atoms. The van der Waals surface area contributed by atoms with E-state index >= 15 is 0 Å². The molecule has 13 nitrogen and oxygen atoms in total. The number of imide groups is 2. The van der Waals surface area contributed by atoms with E-state index in [1.54, 1.807) is 30.3 Å². The van der Waals surface area contributed by atoms with Gasteiger partial charge in [-0.05, 0) is 86.7 Å². The molecule has 4 aliphatic heterocycles. The number of piperidine rings is 1. The molecule has 3 saturated heterocycles. The number of carbonyl (C=O) groups excluding carboxylic acids is 5. The van der Waals surface area contributed by atoms with Crippen LogP contribution in [0, 0.1) is 11.3 Å². The molecular weight excluding hydrogens is 710 g/mol. The molecule has 1 aliphatic carbocycles. The van der Waals surface area contributed by atoms with Crippen molar-refractivity contribution in [1.82, 2.24) is 20.4 Å². The fourth-order valence-electron chi connectivity index (χ4n) is 8.17. The molecule has 5 aliphatic rings. The summed E-state index contributed by atoms with van der Waals surface area (Å²) in [4.78, 5) is 71.4. The molecule has 2 N–H and O–H groups in total. The molecular formula is C40H40ClN7O6. The molecule has 0 radical (unpaired) electrons. The minimum absolute atomic E-state index is 0.0384. The summed E-state index contributed by atoms with van der Waals surface area (Å²) in [7, 11) is 0. The lowest BCUT2D eigenvalue weighted by atomic mass is 9.92. The first-order valence-corrected chi connectivity index (χ1v) is 18.9. The highest BCUT2D eigenvalue weighted by Crippen LogP contribution is 2.33. The fraction of sp³-hybridized carbons (Fsp3) is 0.400. The Balaban J connectivity index is 0.775. The summed E-state index contributed by atoms with van der Waals surface area (Å²) in [6.07, 6.45) is 3.53. The number of nitrogens with zero attached hydrogens (tertiary/aromatic N) is 5. The number of nitrogens with one attached hydrogen (secondary N) is 2. The lowest BCUT2D eigenvalue weighted by Crippen LogP contribution is -2.63. The minimum atomic E-state index is -0.977. The topological polar surface area (TPSA) is 155 Å². The highest BCUT2D eigenvalue weighted by atomic mass is 35.5. The van der Waals surface area contributed by atoms with Gasteiger partial charge in [0.15, 0.2) is 0 Å². The minimum Gasteiger partial charge on any atom is -0.490 e. The number of amides is 5. The first kappa shape index (κ1) is 35.6. The largest absolute Gasteiger partial charge is 0.490 e. The molecule has 5 amide bonds. The van der Waals surface area contributed by atoms with Gasteiger partial charge in [0.2, 0.25) is 11.8 Å². The lowest BCUT2D eigenvalue weighted by molar-refractivity contribution is -0.136. The molecule has 1 atom stereocenters. The average Bonchev–Trinajstić information content (AvgIpc) is 3.40. The van der Waals surface area contributed by atoms with Crippen molar-refractivity contribution in [3.8, 4) is 11.8 Å². The number of ether oxygens (including phenoxy) is 1. The summed E-state index contributed by atoms with van der Waals surface area (Å²) in [5, 5.41) is 14.9. The summed E-state index contributed by atoms with van der Waals surface area (Å²) in [5.74, 6) is -1.43. The summed E-state index contributed by atoms with van der Waals surface area (Å²) < 4.78 is 6.09. The highest BCUT2D eigenvalue weighted by molar-refractivity contribution is 6.31. The summed E-state index contributed by atoms with van der Waals surface area (Å²) >= 11 is 6.14. The van der Waals surface area contributed by atoms with E-state index in [-0.39, 0.29) is 36.5 Å². The fourth-order valence-corrected chi connectivity index (χ4v) is 8.38. The van der Waals surface area contributed by atoms with Gasteiger partial charge < -0.3 is 19.9 Å². The first-order valence-electron chi connectivity index (χ1n) is 18.5. The van der Waals surface area contributed by atoms with Crippen LogP contribution < -0.4 is 25.2 Å². The third kappa shape index (κ3) is 6.99. The van der Waals surface area contributed by atoms with Crippen LogP contribution in [0.3, 0.4) is 0 Å². The number of benzene rings is 3. The smallest absolute Gasteiger partial charge is 0.262 e. The molecule has 4 fully saturated rings. The van der Waals surface area contributed by atoms with Crippen molar-refractivity contribution in [2.45, 2.75) is 62.8 Å². The van der Waals surface area contributed by atoms with Gasteiger partial charge in [-0.2, -0.15) is 5.26 Å². The highest BCUT2D eigenvalue weighted by Gasteiger charge is 2.45. The van der Waals surface area contributed by atoms with E-state index in [4.69, 9.17) is 21.6 Å². The van der Waals surface area contributed by atoms with E-state index in [0.717, 1.165) is 81.2 Å². The number of rotatable bonds is 8. The third-order valence-corrected chi connectivity index (χ3v) is 11.7. The van der Waals surface area contributed by atoms with Crippen molar-refractivity contribution in [2.75, 3.05) is 49.1 Å². The van der Waals surface area contributed by atoms with Crippen LogP contribution in [0.2, 0.25) is 5.02 Å². The van der Waals surface area contributed by atoms with E-state index in [1.165, 1.54) is 0 Å². The van der Waals surface area contributed by atoms with Crippen molar-refractivity contribution in [3.05, 3.63) is 87.9 Å². The standard InChI is InChI=1S/C40H40ClN7O6/c41-34-20-31(9-3-25(34)21-42)54-30-10-4-26(5-11-30)43-37(50)24-1-6-27(7-2-24)45-15-17-46(18-16-45)29-22-47(23-29)28-8-12-32-33(19-28)40(53)48(39(32)52)35-13-14-36(49)44-38(35)51/h1-3,6-9,12,19-20,26,29-30,35H,4-5,10-11,13-18,22-23H2,(H,43,50)(H,44,49,51). The molecule has 1 saturated carbocycles. The molecule has 1 unspecified atom stereocenters. The van der Waals surface area contributed by atoms with E-state index < -0.39 is 29.7 Å². The van der Waals surface area contributed by atoms with Crippen molar-refractivity contribution in [3.63, 3.8) is 0 Å². The predicted molar refractivity (Wildman–Crippen MR) is 200 cm³/mol. The van der Waals surface area contributed by atoms with Gasteiger partial charge in [-0.3, -0.25) is 39.1 Å². The van der Waals surface area contributed by atoms with Crippen LogP contribution >= 0.6 is 11.6 Å². The Bertz CT molecular complexity index is 2050. The number of anilines is 2. The third-order valence-electron chi connectivity index (χ3n) is 11.3. The normalized spacial score (nSPS) is 23.4. The van der Waals surface area contributed by atoms with Gasteiger partial charge in [0, 0.05) is 80.8 Å². The second-order valence-electron chi connectivity index (χ2n) is 14.6. The second kappa shape index (κ2) is 14.8. The Morgan fingerprint density at radius 1 is 0.815 bits per heavy atom. The number of halogens is 1. The van der Waals surface area contributed by atoms with Gasteiger partial charge in [0.25, 0.3) is 17.7 Å². The number of nitriles is 1. The van der Waals surface area contributed by atoms with Crippen LogP contribution in [-0.4, -0.2) is 103 Å². The monoisotopic (exact) mass is 749 g/mol. The number of hydrogen-bond acceptors (Lipinski definition) is 10. The molecule has 278 valence electrons. The van der Waals surface area contributed by atoms with Crippen molar-refractivity contribution >= 4 is 52.5 Å². The molecule has 0 spiro atoms. The van der Waals surface area contributed by atoms with Crippen molar-refractivity contribution < 1.29 is 28.7 Å². The van der Waals surface area contributed by atoms with E-state index in [1.807, 2.05) is 30.3 Å². The maximum atomic E-state index is 13.3. The van der Waals surface area contributed by atoms with Crippen LogP contribution in [-0.2, 0) is 9.59 Å². The van der Waals surface area contributed by atoms with Gasteiger partial charge in [-0.25, -0.2) is 0 Å². The SMILES string of the molecule is N#Cc1ccc(OC2CCC(NC(=O)c3ccc(N4CCN(C5CN(c6ccc7c(c6)C(=O)N(C6CCC(=O)NC6=O)C7=O)C5)CC4)cc3)CC2)cc1Cl.